The van der Waals surface area contributed by atoms with E-state index < -0.39 is 112 Å². The summed E-state index contributed by atoms with van der Waals surface area (Å²) in [6.07, 6.45) is 0.708. The fraction of sp³-hybridized carbons (Fsp3) is 0.357. The summed E-state index contributed by atoms with van der Waals surface area (Å²) in [4.78, 5) is 111. The molecule has 0 spiro atoms. The number of nitrogens with zero attached hydrogens (tertiary/aromatic N) is 1. The molecule has 12 heterocycles. The van der Waals surface area contributed by atoms with Gasteiger partial charge in [0.2, 0.25) is 0 Å². The van der Waals surface area contributed by atoms with Crippen LogP contribution >= 0.6 is 0 Å². The van der Waals surface area contributed by atoms with E-state index in [2.05, 4.69) is 5.32 Å². The molecule has 31 nitrogen and oxygen atoms in total. The zero-order valence-corrected chi connectivity index (χ0v) is 54.1. The highest BCUT2D eigenvalue weighted by Gasteiger charge is 2.31. The quantitative estimate of drug-likeness (QED) is 0.0285. The van der Waals surface area contributed by atoms with Crippen molar-refractivity contribution in [3.8, 4) is 69.0 Å². The number of unbranched alkanes of at least 4 members (excludes halogenated alkanes) is 1. The van der Waals surface area contributed by atoms with Crippen molar-refractivity contribution in [2.75, 3.05) is 98.9 Å². The molecule has 6 aromatic rings. The van der Waals surface area contributed by atoms with Crippen molar-refractivity contribution in [3.63, 3.8) is 0 Å². The van der Waals surface area contributed by atoms with Gasteiger partial charge in [0.15, 0.2) is 109 Å². The third-order valence-corrected chi connectivity index (χ3v) is 16.4. The highest BCUT2D eigenvalue weighted by molar-refractivity contribution is 5.79. The second-order valence-corrected chi connectivity index (χ2v) is 23.7. The topological polar surface area (TPSA) is 442 Å². The third-order valence-electron chi connectivity index (χ3n) is 16.4. The van der Waals surface area contributed by atoms with E-state index in [4.69, 9.17) is 56.8 Å². The van der Waals surface area contributed by atoms with Gasteiger partial charge >= 0.3 is 47.8 Å². The highest BCUT2D eigenvalue weighted by atomic mass is 16.6. The van der Waals surface area contributed by atoms with Crippen molar-refractivity contribution < 1.29 is 141 Å². The largest absolute Gasteiger partial charge is 0.486 e. The minimum absolute atomic E-state index is 0.00201. The lowest BCUT2D eigenvalue weighted by molar-refractivity contribution is -0.150. The van der Waals surface area contributed by atoms with E-state index in [1.807, 2.05) is 0 Å². The van der Waals surface area contributed by atoms with E-state index >= 15 is 0 Å². The summed E-state index contributed by atoms with van der Waals surface area (Å²) in [5.41, 5.74) is 7.03. The minimum atomic E-state index is -1.45. The Kier molecular flexibility index (Phi) is 23.6. The number of benzene rings is 6. The van der Waals surface area contributed by atoms with Crippen LogP contribution in [0.4, 0.5) is 0 Å². The van der Waals surface area contributed by atoms with Crippen molar-refractivity contribution >= 4 is 53.7 Å². The van der Waals surface area contributed by atoms with Crippen LogP contribution in [0.25, 0.3) is 0 Å². The Labute approximate surface area is 574 Å². The Balaban J connectivity index is 1.12. The van der Waals surface area contributed by atoms with Crippen LogP contribution in [0.3, 0.4) is 0 Å². The summed E-state index contributed by atoms with van der Waals surface area (Å²) in [5.74, 6) is -10.8. The number of carbonyl (C=O) groups is 9. The Morgan fingerprint density at radius 2 is 0.554 bits per heavy atom. The zero-order valence-electron chi connectivity index (χ0n) is 54.1. The van der Waals surface area contributed by atoms with Crippen molar-refractivity contribution in [1.29, 1.82) is 0 Å². The molecule has 0 saturated carbocycles. The molecule has 0 saturated heterocycles. The van der Waals surface area contributed by atoms with Crippen molar-refractivity contribution in [1.82, 2.24) is 10.2 Å². The number of nitrogens with one attached hydrogen (secondary N) is 1. The Hall–Kier alpha value is -11.9. The maximum Gasteiger partial charge on any atom is 0.341 e. The number of carboxylic acids is 8. The standard InChI is InChI=1S/C70H70N2O29/c73-62(71-4-2-1-3-49(70(88)89)72(29-63(74)75)30-64(76)77)31-96-56-23-43-11-38-18-51-58(98-33-66(80)81)25-45(38)13-39-19-53-57(97-32-65(78)79)24-44(39)12-37(43)17-50(56)90-5-6-91-52-20-40-14-47-27-60(100-35-68(84)85)54(94-8-7-92-51)22-42(47)16-48-28-61(101-36-69(86)87)55(95-10-9-93-53)21-41(48)15-46(40)26-59(52)99-34-67(82)83/h17-28,49H,1-16,29-36H2,(H,71,73)(H,74,75)(H,76,77)(H,78,79)(H,80,81)(H,82,83)(H,84,85)(H,86,87)(H,88,89). The van der Waals surface area contributed by atoms with Gasteiger partial charge in [0.25, 0.3) is 5.91 Å². The third kappa shape index (κ3) is 19.5. The van der Waals surface area contributed by atoms with Gasteiger partial charge in [-0.1, -0.05) is 0 Å². The van der Waals surface area contributed by atoms with E-state index in [1.54, 1.807) is 72.8 Å². The molecule has 18 bridgehead atoms. The lowest BCUT2D eigenvalue weighted by Gasteiger charge is -2.25. The van der Waals surface area contributed by atoms with Crippen LogP contribution in [-0.4, -0.2) is 204 Å². The van der Waals surface area contributed by atoms with E-state index in [0.717, 1.165) is 4.90 Å². The van der Waals surface area contributed by atoms with Crippen molar-refractivity contribution in [2.24, 2.45) is 0 Å². The molecule has 9 N–H and O–H groups in total. The Bertz CT molecular complexity index is 4140. The molecule has 534 valence electrons. The van der Waals surface area contributed by atoms with Gasteiger partial charge in [-0.15, -0.1) is 0 Å². The zero-order chi connectivity index (χ0) is 71.9. The van der Waals surface area contributed by atoms with Crippen LogP contribution in [0.2, 0.25) is 0 Å². The number of ether oxygens (including phenoxy) is 12. The Morgan fingerprint density at radius 3 is 0.772 bits per heavy atom. The summed E-state index contributed by atoms with van der Waals surface area (Å²) >= 11 is 0. The number of aliphatic carboxylic acids is 8. The van der Waals surface area contributed by atoms with Crippen molar-refractivity contribution in [2.45, 2.75) is 63.8 Å². The summed E-state index contributed by atoms with van der Waals surface area (Å²) in [6, 6.07) is 18.4. The normalized spacial score (nSPS) is 13.8. The van der Waals surface area contributed by atoms with E-state index in [-0.39, 0.29) is 173 Å². The molecule has 1 atom stereocenters. The first-order valence-electron chi connectivity index (χ1n) is 31.7. The second kappa shape index (κ2) is 33.1. The van der Waals surface area contributed by atoms with Gasteiger partial charge in [0, 0.05) is 6.54 Å². The first kappa shape index (κ1) is 71.9. The monoisotopic (exact) mass is 1400 g/mol. The van der Waals surface area contributed by atoms with Crippen LogP contribution in [0, 0.1) is 0 Å². The fourth-order valence-electron chi connectivity index (χ4n) is 12.0. The lowest BCUT2D eigenvalue weighted by atomic mass is 9.94. The first-order chi connectivity index (χ1) is 48.5. The van der Waals surface area contributed by atoms with Gasteiger partial charge in [-0.3, -0.25) is 24.1 Å². The van der Waals surface area contributed by atoms with Crippen LogP contribution in [0.15, 0.2) is 72.8 Å². The van der Waals surface area contributed by atoms with Gasteiger partial charge in [0.05, 0.1) is 13.1 Å². The smallest absolute Gasteiger partial charge is 0.341 e. The number of hydrogen-bond acceptors (Lipinski definition) is 22. The molecule has 1 unspecified atom stereocenters. The van der Waals surface area contributed by atoms with E-state index in [0.29, 0.717) is 66.8 Å². The summed E-state index contributed by atoms with van der Waals surface area (Å²) in [7, 11) is 0. The van der Waals surface area contributed by atoms with Gasteiger partial charge in [0.1, 0.15) is 45.7 Å². The minimum Gasteiger partial charge on any atom is -0.486 e. The van der Waals surface area contributed by atoms with Gasteiger partial charge in [-0.2, -0.15) is 0 Å². The van der Waals surface area contributed by atoms with Gasteiger partial charge < -0.3 is 103 Å². The molecular formula is C70H70N2O29. The average molecular weight is 1400 g/mol. The molecule has 14 aliphatic rings. The SMILES string of the molecule is O=C(O)COc1cc2c3cc1OCCOc1cc4c(cc1OCC(=O)O)Cc1cc5c(OCC(=O)NCCCCC(C(=O)O)N(CC(=O)O)CC(=O)O)cc1Cc1cc(c(OCC(=O)O)cc1C4)OCCOc1cc(c(cc1OCC(=O)O)Cc1cc(c(OCC(=O)O)cc1C3)OCCO5)C2. The van der Waals surface area contributed by atoms with Crippen molar-refractivity contribution in [3.05, 3.63) is 140 Å². The predicted molar refractivity (Wildman–Crippen MR) is 345 cm³/mol. The van der Waals surface area contributed by atoms with Gasteiger partial charge in [-0.05, 0) is 197 Å². The van der Waals surface area contributed by atoms with Crippen LogP contribution in [-0.2, 0) is 81.7 Å². The molecule has 0 radical (unpaired) electrons. The first-order valence-corrected chi connectivity index (χ1v) is 31.7. The number of amides is 1. The maximum absolute atomic E-state index is 13.7. The number of carboxylic acid groups (broad SMARTS) is 8. The molecule has 6 aromatic carbocycles. The maximum atomic E-state index is 13.7. The predicted octanol–water partition coefficient (Wildman–Crippen LogP) is 4.77. The van der Waals surface area contributed by atoms with Gasteiger partial charge in [-0.25, -0.2) is 24.0 Å². The van der Waals surface area contributed by atoms with Crippen LogP contribution in [0.5, 0.6) is 69.0 Å². The molecule has 12 aliphatic heterocycles. The molecule has 101 heavy (non-hydrogen) atoms. The summed E-state index contributed by atoms with van der Waals surface area (Å²) in [5, 5.41) is 80.9. The summed E-state index contributed by atoms with van der Waals surface area (Å²) in [6.45, 7) is -7.70. The molecule has 0 aromatic heterocycles. The lowest BCUT2D eigenvalue weighted by Crippen LogP contribution is -2.46. The molecule has 2 aliphatic carbocycles. The van der Waals surface area contributed by atoms with E-state index in [9.17, 15) is 84.0 Å². The summed E-state index contributed by atoms with van der Waals surface area (Å²) < 4.78 is 74.7. The molecule has 1 amide bonds. The van der Waals surface area contributed by atoms with Crippen LogP contribution in [0.1, 0.15) is 86.0 Å². The molecule has 31 heteroatoms. The Morgan fingerprint density at radius 1 is 0.327 bits per heavy atom. The highest BCUT2D eigenvalue weighted by Crippen LogP contribution is 2.45. The van der Waals surface area contributed by atoms with Crippen LogP contribution < -0.4 is 62.2 Å². The molecule has 20 rings (SSSR count). The molecular weight excluding hydrogens is 1330 g/mol. The van der Waals surface area contributed by atoms with E-state index in [1.165, 1.54) is 0 Å². The number of hydrogen-bond donors (Lipinski definition) is 9. The second-order valence-electron chi connectivity index (χ2n) is 23.7. The number of rotatable bonds is 29. The number of carbonyl (C=O) groups excluding carboxylic acids is 1. The molecule has 0 fully saturated rings. The average Bonchev–Trinajstić information content (AvgIpc) is 1.70. The fourth-order valence-corrected chi connectivity index (χ4v) is 12.0.